The predicted octanol–water partition coefficient (Wildman–Crippen LogP) is 1.96. The highest BCUT2D eigenvalue weighted by Gasteiger charge is 2.33. The molecule has 0 saturated heterocycles. The Labute approximate surface area is 87.2 Å². The Hall–Kier alpha value is -0.570. The highest BCUT2D eigenvalue weighted by atomic mass is 16.5. The van der Waals surface area contributed by atoms with E-state index in [0.717, 1.165) is 19.4 Å². The summed E-state index contributed by atoms with van der Waals surface area (Å²) >= 11 is 0. The van der Waals surface area contributed by atoms with Crippen molar-refractivity contribution in [2.45, 2.75) is 46.1 Å². The van der Waals surface area contributed by atoms with Crippen LogP contribution in [0.4, 0.5) is 0 Å². The molecule has 0 aromatic rings. The summed E-state index contributed by atoms with van der Waals surface area (Å²) in [4.78, 5) is 11.6. The molecular weight excluding hydrogens is 178 g/mol. The van der Waals surface area contributed by atoms with Gasteiger partial charge in [0.05, 0.1) is 7.11 Å². The maximum Gasteiger partial charge on any atom is 0.325 e. The Morgan fingerprint density at radius 3 is 2.43 bits per heavy atom. The van der Waals surface area contributed by atoms with E-state index in [1.54, 1.807) is 0 Å². The largest absolute Gasteiger partial charge is 0.468 e. The predicted molar refractivity (Wildman–Crippen MR) is 58.2 cm³/mol. The lowest BCUT2D eigenvalue weighted by molar-refractivity contribution is -0.148. The lowest BCUT2D eigenvalue weighted by Gasteiger charge is -2.29. The van der Waals surface area contributed by atoms with Crippen LogP contribution >= 0.6 is 0 Å². The van der Waals surface area contributed by atoms with Gasteiger partial charge < -0.3 is 10.1 Å². The van der Waals surface area contributed by atoms with Crippen LogP contribution in [-0.2, 0) is 9.53 Å². The van der Waals surface area contributed by atoms with Gasteiger partial charge in [0.25, 0.3) is 0 Å². The van der Waals surface area contributed by atoms with Crippen molar-refractivity contribution in [2.24, 2.45) is 5.92 Å². The Balaban J connectivity index is 4.40. The second kappa shape index (κ2) is 6.02. The molecule has 84 valence electrons. The normalized spacial score (nSPS) is 15.3. The van der Waals surface area contributed by atoms with E-state index in [-0.39, 0.29) is 5.97 Å². The van der Waals surface area contributed by atoms with Crippen molar-refractivity contribution in [3.05, 3.63) is 0 Å². The minimum Gasteiger partial charge on any atom is -0.468 e. The Bertz CT molecular complexity index is 180. The summed E-state index contributed by atoms with van der Waals surface area (Å²) in [6.45, 7) is 9.05. The number of hydrogen-bond acceptors (Lipinski definition) is 3. The molecule has 3 heteroatoms. The van der Waals surface area contributed by atoms with Crippen LogP contribution in [-0.4, -0.2) is 25.2 Å². The van der Waals surface area contributed by atoms with Crippen LogP contribution in [0.2, 0.25) is 0 Å². The van der Waals surface area contributed by atoms with E-state index in [1.807, 2.05) is 6.92 Å². The fraction of sp³-hybridized carbons (Fsp3) is 0.909. The second-order valence-corrected chi connectivity index (χ2v) is 4.35. The first kappa shape index (κ1) is 13.4. The molecule has 1 N–H and O–H groups in total. The number of ether oxygens (including phenoxy) is 1. The molecular formula is C11H23NO2. The van der Waals surface area contributed by atoms with Gasteiger partial charge in [0, 0.05) is 0 Å². The number of esters is 1. The summed E-state index contributed by atoms with van der Waals surface area (Å²) in [6.07, 6.45) is 1.82. The molecule has 0 radical (unpaired) electrons. The molecule has 0 aromatic carbocycles. The summed E-state index contributed by atoms with van der Waals surface area (Å²) in [5, 5.41) is 3.25. The van der Waals surface area contributed by atoms with E-state index in [1.165, 1.54) is 7.11 Å². The number of carbonyl (C=O) groups excluding carboxylic acids is 1. The Kier molecular flexibility index (Phi) is 5.77. The van der Waals surface area contributed by atoms with Crippen molar-refractivity contribution in [3.8, 4) is 0 Å². The van der Waals surface area contributed by atoms with Crippen molar-refractivity contribution in [1.82, 2.24) is 5.32 Å². The SMILES string of the molecule is CCCNC(C)(CC(C)C)C(=O)OC. The molecule has 0 heterocycles. The van der Waals surface area contributed by atoms with Gasteiger partial charge in [-0.15, -0.1) is 0 Å². The molecule has 1 unspecified atom stereocenters. The van der Waals surface area contributed by atoms with Gasteiger partial charge in [0.1, 0.15) is 5.54 Å². The second-order valence-electron chi connectivity index (χ2n) is 4.35. The van der Waals surface area contributed by atoms with Gasteiger partial charge in [-0.1, -0.05) is 20.8 Å². The third-order valence-corrected chi connectivity index (χ3v) is 2.22. The van der Waals surface area contributed by atoms with Crippen LogP contribution in [0.25, 0.3) is 0 Å². The molecule has 0 bridgehead atoms. The van der Waals surface area contributed by atoms with Crippen LogP contribution in [0, 0.1) is 5.92 Å². The van der Waals surface area contributed by atoms with Crippen molar-refractivity contribution in [2.75, 3.05) is 13.7 Å². The molecule has 14 heavy (non-hydrogen) atoms. The van der Waals surface area contributed by atoms with Gasteiger partial charge >= 0.3 is 5.97 Å². The van der Waals surface area contributed by atoms with Crippen LogP contribution in [0.3, 0.4) is 0 Å². The van der Waals surface area contributed by atoms with Gasteiger partial charge in [-0.3, -0.25) is 4.79 Å². The third kappa shape index (κ3) is 4.09. The van der Waals surface area contributed by atoms with Crippen molar-refractivity contribution in [3.63, 3.8) is 0 Å². The van der Waals surface area contributed by atoms with Gasteiger partial charge in [-0.2, -0.15) is 0 Å². The molecule has 0 aliphatic heterocycles. The molecule has 0 saturated carbocycles. The van der Waals surface area contributed by atoms with E-state index >= 15 is 0 Å². The number of hydrogen-bond donors (Lipinski definition) is 1. The molecule has 0 aromatic heterocycles. The van der Waals surface area contributed by atoms with E-state index in [9.17, 15) is 4.79 Å². The zero-order valence-electron chi connectivity index (χ0n) is 10.0. The zero-order valence-corrected chi connectivity index (χ0v) is 10.0. The Morgan fingerprint density at radius 1 is 1.50 bits per heavy atom. The molecule has 0 spiro atoms. The van der Waals surface area contributed by atoms with Crippen LogP contribution in [0.5, 0.6) is 0 Å². The van der Waals surface area contributed by atoms with Crippen molar-refractivity contribution < 1.29 is 9.53 Å². The third-order valence-electron chi connectivity index (χ3n) is 2.22. The molecule has 0 rings (SSSR count). The number of carbonyl (C=O) groups is 1. The quantitative estimate of drug-likeness (QED) is 0.668. The number of methoxy groups -OCH3 is 1. The smallest absolute Gasteiger partial charge is 0.325 e. The monoisotopic (exact) mass is 201 g/mol. The van der Waals surface area contributed by atoms with E-state index in [2.05, 4.69) is 26.1 Å². The molecule has 3 nitrogen and oxygen atoms in total. The first-order valence-corrected chi connectivity index (χ1v) is 5.29. The fourth-order valence-electron chi connectivity index (χ4n) is 1.67. The average molecular weight is 201 g/mol. The first-order valence-electron chi connectivity index (χ1n) is 5.29. The summed E-state index contributed by atoms with van der Waals surface area (Å²) in [6, 6.07) is 0. The van der Waals surface area contributed by atoms with E-state index in [0.29, 0.717) is 5.92 Å². The topological polar surface area (TPSA) is 38.3 Å². The molecule has 0 fully saturated rings. The first-order chi connectivity index (χ1) is 6.46. The average Bonchev–Trinajstić information content (AvgIpc) is 2.12. The molecule has 1 atom stereocenters. The minimum atomic E-state index is -0.529. The van der Waals surface area contributed by atoms with Gasteiger partial charge in [-0.25, -0.2) is 0 Å². The number of nitrogens with one attached hydrogen (secondary N) is 1. The maximum atomic E-state index is 11.6. The zero-order chi connectivity index (χ0) is 11.2. The summed E-state index contributed by atoms with van der Waals surface area (Å²) in [5.74, 6) is 0.308. The molecule has 0 aliphatic carbocycles. The van der Waals surface area contributed by atoms with Crippen molar-refractivity contribution in [1.29, 1.82) is 0 Å². The Morgan fingerprint density at radius 2 is 2.07 bits per heavy atom. The minimum absolute atomic E-state index is 0.167. The van der Waals surface area contributed by atoms with Gasteiger partial charge in [0.2, 0.25) is 0 Å². The lowest BCUT2D eigenvalue weighted by Crippen LogP contribution is -2.51. The van der Waals surface area contributed by atoms with E-state index < -0.39 is 5.54 Å². The van der Waals surface area contributed by atoms with Gasteiger partial charge in [-0.05, 0) is 32.2 Å². The standard InChI is InChI=1S/C11H23NO2/c1-6-7-12-11(4,8-9(2)3)10(13)14-5/h9,12H,6-8H2,1-5H3. The molecule has 0 amide bonds. The lowest BCUT2D eigenvalue weighted by atomic mass is 9.90. The number of rotatable bonds is 6. The summed E-state index contributed by atoms with van der Waals surface area (Å²) < 4.78 is 4.81. The summed E-state index contributed by atoms with van der Waals surface area (Å²) in [7, 11) is 1.44. The van der Waals surface area contributed by atoms with Crippen LogP contribution in [0.1, 0.15) is 40.5 Å². The van der Waals surface area contributed by atoms with Crippen LogP contribution < -0.4 is 5.32 Å². The van der Waals surface area contributed by atoms with E-state index in [4.69, 9.17) is 4.74 Å². The van der Waals surface area contributed by atoms with Gasteiger partial charge in [0.15, 0.2) is 0 Å². The highest BCUT2D eigenvalue weighted by molar-refractivity contribution is 5.80. The highest BCUT2D eigenvalue weighted by Crippen LogP contribution is 2.18. The molecule has 0 aliphatic rings. The maximum absolute atomic E-state index is 11.6. The van der Waals surface area contributed by atoms with Crippen molar-refractivity contribution >= 4 is 5.97 Å². The summed E-state index contributed by atoms with van der Waals surface area (Å²) in [5.41, 5.74) is -0.529. The fourth-order valence-corrected chi connectivity index (χ4v) is 1.67. The van der Waals surface area contributed by atoms with Crippen LogP contribution in [0.15, 0.2) is 0 Å².